The van der Waals surface area contributed by atoms with Crippen molar-refractivity contribution in [1.82, 2.24) is 14.7 Å². The molecule has 0 aliphatic heterocycles. The molecule has 0 saturated heterocycles. The summed E-state index contributed by atoms with van der Waals surface area (Å²) < 4.78 is 1.80. The SMILES string of the molecule is NCCNC(=O)c1cc2[nH]c(=O)c3ccccc3n2c1. The van der Waals surface area contributed by atoms with Crippen LogP contribution in [0.15, 0.2) is 41.3 Å². The number of hydrogen-bond donors (Lipinski definition) is 3. The largest absolute Gasteiger partial charge is 0.351 e. The van der Waals surface area contributed by atoms with Crippen molar-refractivity contribution in [2.45, 2.75) is 0 Å². The molecule has 0 radical (unpaired) electrons. The summed E-state index contributed by atoms with van der Waals surface area (Å²) in [7, 11) is 0. The number of amides is 1. The van der Waals surface area contributed by atoms with E-state index in [9.17, 15) is 9.59 Å². The molecule has 0 fully saturated rings. The van der Waals surface area contributed by atoms with Crippen LogP contribution in [0.5, 0.6) is 0 Å². The van der Waals surface area contributed by atoms with Gasteiger partial charge in [-0.25, -0.2) is 0 Å². The summed E-state index contributed by atoms with van der Waals surface area (Å²) in [5.74, 6) is -0.205. The molecule has 0 spiro atoms. The number of hydrogen-bond acceptors (Lipinski definition) is 3. The van der Waals surface area contributed by atoms with Crippen LogP contribution in [0.3, 0.4) is 0 Å². The number of nitrogens with one attached hydrogen (secondary N) is 2. The van der Waals surface area contributed by atoms with Crippen LogP contribution >= 0.6 is 0 Å². The van der Waals surface area contributed by atoms with E-state index in [1.165, 1.54) is 0 Å². The van der Waals surface area contributed by atoms with Gasteiger partial charge in [0.25, 0.3) is 11.5 Å². The predicted molar refractivity (Wildman–Crippen MR) is 76.9 cm³/mol. The highest BCUT2D eigenvalue weighted by Gasteiger charge is 2.11. The molecule has 20 heavy (non-hydrogen) atoms. The highest BCUT2D eigenvalue weighted by molar-refractivity contribution is 5.96. The zero-order valence-corrected chi connectivity index (χ0v) is 10.7. The van der Waals surface area contributed by atoms with Gasteiger partial charge in [0.1, 0.15) is 5.65 Å². The fourth-order valence-electron chi connectivity index (χ4n) is 2.23. The molecule has 0 aliphatic rings. The van der Waals surface area contributed by atoms with Crippen molar-refractivity contribution < 1.29 is 4.79 Å². The molecular weight excluding hydrogens is 256 g/mol. The summed E-state index contributed by atoms with van der Waals surface area (Å²) in [6.45, 7) is 0.807. The minimum absolute atomic E-state index is 0.167. The van der Waals surface area contributed by atoms with Gasteiger partial charge in [0.2, 0.25) is 0 Å². The van der Waals surface area contributed by atoms with Crippen molar-refractivity contribution >= 4 is 22.5 Å². The van der Waals surface area contributed by atoms with E-state index in [0.717, 1.165) is 5.52 Å². The number of rotatable bonds is 3. The second-order valence-electron chi connectivity index (χ2n) is 4.50. The Kier molecular flexibility index (Phi) is 3.00. The molecule has 0 atom stereocenters. The van der Waals surface area contributed by atoms with E-state index in [0.29, 0.717) is 29.7 Å². The van der Waals surface area contributed by atoms with Crippen LogP contribution in [0.2, 0.25) is 0 Å². The highest BCUT2D eigenvalue weighted by Crippen LogP contribution is 2.14. The Morgan fingerprint density at radius 2 is 2.15 bits per heavy atom. The molecule has 0 bridgehead atoms. The molecule has 0 saturated carbocycles. The highest BCUT2D eigenvalue weighted by atomic mass is 16.1. The maximum atomic E-state index is 12.0. The van der Waals surface area contributed by atoms with Gasteiger partial charge in [-0.05, 0) is 18.2 Å². The summed E-state index contributed by atoms with van der Waals surface area (Å²) >= 11 is 0. The van der Waals surface area contributed by atoms with Crippen LogP contribution in [0.4, 0.5) is 0 Å². The first kappa shape index (κ1) is 12.4. The number of fused-ring (bicyclic) bond motifs is 3. The second-order valence-corrected chi connectivity index (χ2v) is 4.50. The molecule has 6 nitrogen and oxygen atoms in total. The maximum Gasteiger partial charge on any atom is 0.258 e. The molecular formula is C14H14N4O2. The summed E-state index contributed by atoms with van der Waals surface area (Å²) in [5, 5.41) is 3.29. The van der Waals surface area contributed by atoms with Gasteiger partial charge < -0.3 is 20.4 Å². The first-order valence-corrected chi connectivity index (χ1v) is 6.32. The number of nitrogens with zero attached hydrogens (tertiary/aromatic N) is 1. The van der Waals surface area contributed by atoms with E-state index in [2.05, 4.69) is 10.3 Å². The number of aromatic nitrogens is 2. The number of nitrogens with two attached hydrogens (primary N) is 1. The van der Waals surface area contributed by atoms with Crippen LogP contribution in [0.1, 0.15) is 10.4 Å². The number of carbonyl (C=O) groups is 1. The van der Waals surface area contributed by atoms with Gasteiger partial charge in [0, 0.05) is 19.3 Å². The average Bonchev–Trinajstić information content (AvgIpc) is 2.89. The molecule has 6 heteroatoms. The lowest BCUT2D eigenvalue weighted by Crippen LogP contribution is -2.28. The molecule has 1 aromatic carbocycles. The molecule has 3 aromatic rings. The Hall–Kier alpha value is -2.60. The van der Waals surface area contributed by atoms with Crippen molar-refractivity contribution in [1.29, 1.82) is 0 Å². The average molecular weight is 270 g/mol. The van der Waals surface area contributed by atoms with E-state index in [4.69, 9.17) is 5.73 Å². The molecule has 4 N–H and O–H groups in total. The van der Waals surface area contributed by atoms with Crippen LogP contribution < -0.4 is 16.6 Å². The monoisotopic (exact) mass is 270 g/mol. The minimum atomic E-state index is -0.205. The van der Waals surface area contributed by atoms with Crippen LogP contribution in [-0.2, 0) is 0 Å². The summed E-state index contributed by atoms with van der Waals surface area (Å²) in [6, 6.07) is 8.91. The number of aromatic amines is 1. The standard InChI is InChI=1S/C14H14N4O2/c15-5-6-16-13(19)9-7-12-17-14(20)10-3-1-2-4-11(10)18(12)8-9/h1-4,7-8H,5-6,15H2,(H,16,19)(H,17,20). The Morgan fingerprint density at radius 3 is 2.95 bits per heavy atom. The summed E-state index contributed by atoms with van der Waals surface area (Å²) in [5.41, 5.74) is 7.04. The molecule has 2 aromatic heterocycles. The molecule has 102 valence electrons. The zero-order chi connectivity index (χ0) is 14.1. The van der Waals surface area contributed by atoms with E-state index < -0.39 is 0 Å². The van der Waals surface area contributed by atoms with Gasteiger partial charge >= 0.3 is 0 Å². The van der Waals surface area contributed by atoms with Gasteiger partial charge in [0.05, 0.1) is 16.5 Å². The minimum Gasteiger partial charge on any atom is -0.351 e. The molecule has 0 aliphatic carbocycles. The summed E-state index contributed by atoms with van der Waals surface area (Å²) in [6.07, 6.45) is 1.71. The number of para-hydroxylation sites is 1. The quantitative estimate of drug-likeness (QED) is 0.646. The fraction of sp³-hybridized carbons (Fsp3) is 0.143. The zero-order valence-electron chi connectivity index (χ0n) is 10.7. The lowest BCUT2D eigenvalue weighted by Gasteiger charge is -2.01. The predicted octanol–water partition coefficient (Wildman–Crippen LogP) is 0.469. The normalized spacial score (nSPS) is 11.1. The van der Waals surface area contributed by atoms with E-state index in [1.54, 1.807) is 22.7 Å². The molecule has 2 heterocycles. The lowest BCUT2D eigenvalue weighted by molar-refractivity contribution is 0.0955. The van der Waals surface area contributed by atoms with Crippen LogP contribution in [0, 0.1) is 0 Å². The molecule has 1 amide bonds. The first-order chi connectivity index (χ1) is 9.70. The van der Waals surface area contributed by atoms with Gasteiger partial charge in [-0.15, -0.1) is 0 Å². The van der Waals surface area contributed by atoms with Crippen LogP contribution in [-0.4, -0.2) is 28.4 Å². The second kappa shape index (κ2) is 4.82. The molecule has 3 rings (SSSR count). The first-order valence-electron chi connectivity index (χ1n) is 6.32. The van der Waals surface area contributed by atoms with E-state index in [1.807, 2.05) is 18.2 Å². The van der Waals surface area contributed by atoms with Crippen molar-refractivity contribution in [3.8, 4) is 0 Å². The third-order valence-corrected chi connectivity index (χ3v) is 3.16. The topological polar surface area (TPSA) is 92.4 Å². The number of H-pyrrole nitrogens is 1. The fourth-order valence-corrected chi connectivity index (χ4v) is 2.23. The third-order valence-electron chi connectivity index (χ3n) is 3.16. The number of benzene rings is 1. The number of carbonyl (C=O) groups excluding carboxylic acids is 1. The van der Waals surface area contributed by atoms with Crippen molar-refractivity contribution in [2.24, 2.45) is 5.73 Å². The van der Waals surface area contributed by atoms with Crippen LogP contribution in [0.25, 0.3) is 16.6 Å². The lowest BCUT2D eigenvalue weighted by atomic mass is 10.2. The smallest absolute Gasteiger partial charge is 0.258 e. The Bertz CT molecular complexity index is 847. The van der Waals surface area contributed by atoms with Crippen molar-refractivity contribution in [3.63, 3.8) is 0 Å². The van der Waals surface area contributed by atoms with E-state index in [-0.39, 0.29) is 11.5 Å². The Morgan fingerprint density at radius 1 is 1.35 bits per heavy atom. The maximum absolute atomic E-state index is 12.0. The summed E-state index contributed by atoms with van der Waals surface area (Å²) in [4.78, 5) is 26.6. The van der Waals surface area contributed by atoms with Crippen molar-refractivity contribution in [3.05, 3.63) is 52.4 Å². The van der Waals surface area contributed by atoms with Gasteiger partial charge in [-0.1, -0.05) is 12.1 Å². The molecule has 0 unspecified atom stereocenters. The third kappa shape index (κ3) is 1.96. The van der Waals surface area contributed by atoms with Gasteiger partial charge in [0.15, 0.2) is 0 Å². The van der Waals surface area contributed by atoms with Gasteiger partial charge in [-0.2, -0.15) is 0 Å². The van der Waals surface area contributed by atoms with E-state index >= 15 is 0 Å². The van der Waals surface area contributed by atoms with Crippen molar-refractivity contribution in [2.75, 3.05) is 13.1 Å². The Labute approximate surface area is 114 Å². The van der Waals surface area contributed by atoms with Gasteiger partial charge in [-0.3, -0.25) is 9.59 Å². The Balaban J connectivity index is 2.18.